The third-order valence-corrected chi connectivity index (χ3v) is 4.26. The van der Waals surface area contributed by atoms with Crippen LogP contribution >= 0.6 is 0 Å². The molecule has 0 aliphatic heterocycles. The Balaban J connectivity index is 2.31. The van der Waals surface area contributed by atoms with Gasteiger partial charge >= 0.3 is 5.97 Å². The molecule has 1 aromatic heterocycles. The van der Waals surface area contributed by atoms with Gasteiger partial charge in [0.2, 0.25) is 0 Å². The molecule has 0 amide bonds. The van der Waals surface area contributed by atoms with Gasteiger partial charge in [0, 0.05) is 23.7 Å². The lowest BCUT2D eigenvalue weighted by Gasteiger charge is -2.14. The predicted molar refractivity (Wildman–Crippen MR) is 95.1 cm³/mol. The van der Waals surface area contributed by atoms with Crippen LogP contribution < -0.4 is 4.74 Å². The second-order valence-electron chi connectivity index (χ2n) is 6.17. The van der Waals surface area contributed by atoms with Crippen molar-refractivity contribution in [2.75, 3.05) is 7.11 Å². The number of aromatic nitrogens is 1. The Hall–Kier alpha value is -2.75. The van der Waals surface area contributed by atoms with E-state index >= 15 is 0 Å². The Bertz CT molecular complexity index is 879. The summed E-state index contributed by atoms with van der Waals surface area (Å²) < 4.78 is 7.44. The van der Waals surface area contributed by atoms with Crippen LogP contribution in [-0.4, -0.2) is 22.8 Å². The zero-order valence-corrected chi connectivity index (χ0v) is 14.1. The summed E-state index contributed by atoms with van der Waals surface area (Å²) in [4.78, 5) is 11.9. The molecule has 0 unspecified atom stereocenters. The molecule has 1 heterocycles. The van der Waals surface area contributed by atoms with Crippen molar-refractivity contribution in [1.82, 2.24) is 4.57 Å². The Morgan fingerprint density at radius 2 is 1.88 bits per heavy atom. The van der Waals surface area contributed by atoms with Gasteiger partial charge in [-0.2, -0.15) is 0 Å². The van der Waals surface area contributed by atoms with E-state index in [1.807, 2.05) is 50.2 Å². The highest BCUT2D eigenvalue weighted by molar-refractivity contribution is 6.05. The number of fused-ring (bicyclic) bond motifs is 1. The van der Waals surface area contributed by atoms with Crippen LogP contribution in [0.4, 0.5) is 0 Å². The maximum atomic E-state index is 11.9. The van der Waals surface area contributed by atoms with Crippen LogP contribution in [0.2, 0.25) is 0 Å². The standard InChI is InChI=1S/C20H21NO3/c1-13(2)19-18(20(22)23)16-10-9-15(24-3)11-17(16)21(19)12-14-7-5-4-6-8-14/h4-11,13H,12H2,1-3H3,(H,22,23). The van der Waals surface area contributed by atoms with Crippen LogP contribution in [0.25, 0.3) is 10.9 Å². The SMILES string of the molecule is COc1ccc2c(C(=O)O)c(C(C)C)n(Cc3ccccc3)c2c1. The number of aromatic carboxylic acids is 1. The maximum absolute atomic E-state index is 11.9. The zero-order chi connectivity index (χ0) is 17.3. The van der Waals surface area contributed by atoms with E-state index < -0.39 is 5.97 Å². The first-order chi connectivity index (χ1) is 11.5. The largest absolute Gasteiger partial charge is 0.497 e. The molecule has 0 saturated heterocycles. The fraction of sp³-hybridized carbons (Fsp3) is 0.250. The molecule has 3 rings (SSSR count). The number of hydrogen-bond donors (Lipinski definition) is 1. The van der Waals surface area contributed by atoms with Gasteiger partial charge in [-0.1, -0.05) is 44.2 Å². The number of hydrogen-bond acceptors (Lipinski definition) is 2. The van der Waals surface area contributed by atoms with E-state index in [0.717, 1.165) is 27.9 Å². The maximum Gasteiger partial charge on any atom is 0.338 e. The van der Waals surface area contributed by atoms with E-state index in [-0.39, 0.29) is 5.92 Å². The van der Waals surface area contributed by atoms with Gasteiger partial charge in [0.1, 0.15) is 5.75 Å². The quantitative estimate of drug-likeness (QED) is 0.751. The Labute approximate surface area is 141 Å². The molecule has 0 radical (unpaired) electrons. The highest BCUT2D eigenvalue weighted by Gasteiger charge is 2.24. The lowest BCUT2D eigenvalue weighted by Crippen LogP contribution is -2.09. The van der Waals surface area contributed by atoms with Crippen molar-refractivity contribution >= 4 is 16.9 Å². The van der Waals surface area contributed by atoms with Gasteiger partial charge in [0.05, 0.1) is 18.2 Å². The lowest BCUT2D eigenvalue weighted by atomic mass is 10.0. The number of carbonyl (C=O) groups is 1. The molecule has 0 saturated carbocycles. The van der Waals surface area contributed by atoms with Crippen molar-refractivity contribution in [3.63, 3.8) is 0 Å². The number of ether oxygens (including phenoxy) is 1. The average Bonchev–Trinajstić information content (AvgIpc) is 2.90. The first kappa shape index (κ1) is 16.1. The molecular weight excluding hydrogens is 302 g/mol. The molecule has 0 atom stereocenters. The van der Waals surface area contributed by atoms with Gasteiger partial charge in [-0.05, 0) is 23.6 Å². The van der Waals surface area contributed by atoms with Crippen LogP contribution in [0.1, 0.15) is 41.4 Å². The average molecular weight is 323 g/mol. The number of carboxylic acid groups (broad SMARTS) is 1. The minimum absolute atomic E-state index is 0.0956. The van der Waals surface area contributed by atoms with Crippen molar-refractivity contribution < 1.29 is 14.6 Å². The van der Waals surface area contributed by atoms with Gasteiger partial charge < -0.3 is 14.4 Å². The number of methoxy groups -OCH3 is 1. The van der Waals surface area contributed by atoms with Crippen molar-refractivity contribution in [1.29, 1.82) is 0 Å². The van der Waals surface area contributed by atoms with Gasteiger partial charge in [0.15, 0.2) is 0 Å². The van der Waals surface area contributed by atoms with E-state index in [4.69, 9.17) is 4.74 Å². The second kappa shape index (κ2) is 6.40. The second-order valence-corrected chi connectivity index (χ2v) is 6.17. The van der Waals surface area contributed by atoms with Crippen molar-refractivity contribution in [3.05, 3.63) is 65.4 Å². The summed E-state index contributed by atoms with van der Waals surface area (Å²) in [7, 11) is 1.62. The fourth-order valence-corrected chi connectivity index (χ4v) is 3.24. The van der Waals surface area contributed by atoms with Crippen LogP contribution in [0.3, 0.4) is 0 Å². The lowest BCUT2D eigenvalue weighted by molar-refractivity contribution is 0.0697. The van der Waals surface area contributed by atoms with Crippen molar-refractivity contribution in [2.24, 2.45) is 0 Å². The van der Waals surface area contributed by atoms with Gasteiger partial charge in [-0.15, -0.1) is 0 Å². The highest BCUT2D eigenvalue weighted by Crippen LogP contribution is 2.34. The molecule has 2 aromatic carbocycles. The molecule has 1 N–H and O–H groups in total. The molecular formula is C20H21NO3. The smallest absolute Gasteiger partial charge is 0.338 e. The van der Waals surface area contributed by atoms with E-state index in [1.54, 1.807) is 7.11 Å². The molecule has 0 aliphatic carbocycles. The number of carboxylic acids is 1. The van der Waals surface area contributed by atoms with E-state index in [2.05, 4.69) is 16.7 Å². The molecule has 4 nitrogen and oxygen atoms in total. The summed E-state index contributed by atoms with van der Waals surface area (Å²) in [6, 6.07) is 15.6. The monoisotopic (exact) mass is 323 g/mol. The summed E-state index contributed by atoms with van der Waals surface area (Å²) in [6.07, 6.45) is 0. The first-order valence-corrected chi connectivity index (χ1v) is 8.00. The Morgan fingerprint density at radius 3 is 2.46 bits per heavy atom. The number of nitrogens with zero attached hydrogens (tertiary/aromatic N) is 1. The van der Waals surface area contributed by atoms with E-state index in [9.17, 15) is 9.90 Å². The van der Waals surface area contributed by atoms with Crippen LogP contribution in [-0.2, 0) is 6.54 Å². The Kier molecular flexibility index (Phi) is 4.30. The fourth-order valence-electron chi connectivity index (χ4n) is 3.24. The van der Waals surface area contributed by atoms with Crippen LogP contribution in [0, 0.1) is 0 Å². The van der Waals surface area contributed by atoms with Crippen LogP contribution in [0.15, 0.2) is 48.5 Å². The minimum atomic E-state index is -0.888. The molecule has 124 valence electrons. The zero-order valence-electron chi connectivity index (χ0n) is 14.1. The molecule has 0 bridgehead atoms. The summed E-state index contributed by atoms with van der Waals surface area (Å²) in [5.74, 6) is -0.0690. The number of benzene rings is 2. The third kappa shape index (κ3) is 2.75. The predicted octanol–water partition coefficient (Wildman–Crippen LogP) is 4.52. The third-order valence-electron chi connectivity index (χ3n) is 4.26. The highest BCUT2D eigenvalue weighted by atomic mass is 16.5. The van der Waals surface area contributed by atoms with E-state index in [0.29, 0.717) is 12.1 Å². The van der Waals surface area contributed by atoms with Crippen molar-refractivity contribution in [2.45, 2.75) is 26.3 Å². The van der Waals surface area contributed by atoms with Gasteiger partial charge in [-0.25, -0.2) is 4.79 Å². The molecule has 24 heavy (non-hydrogen) atoms. The van der Waals surface area contributed by atoms with Gasteiger partial charge in [-0.3, -0.25) is 0 Å². The Morgan fingerprint density at radius 1 is 1.17 bits per heavy atom. The summed E-state index contributed by atoms with van der Waals surface area (Å²) >= 11 is 0. The normalized spacial score (nSPS) is 11.2. The molecule has 0 fully saturated rings. The molecule has 4 heteroatoms. The topological polar surface area (TPSA) is 51.5 Å². The number of rotatable bonds is 5. The molecule has 0 aliphatic rings. The van der Waals surface area contributed by atoms with Crippen LogP contribution in [0.5, 0.6) is 5.75 Å². The summed E-state index contributed by atoms with van der Waals surface area (Å²) in [6.45, 7) is 4.68. The van der Waals surface area contributed by atoms with Gasteiger partial charge in [0.25, 0.3) is 0 Å². The summed E-state index contributed by atoms with van der Waals surface area (Å²) in [5.41, 5.74) is 3.25. The summed E-state index contributed by atoms with van der Waals surface area (Å²) in [5, 5.41) is 10.5. The van der Waals surface area contributed by atoms with Crippen molar-refractivity contribution in [3.8, 4) is 5.75 Å². The molecule has 3 aromatic rings. The first-order valence-electron chi connectivity index (χ1n) is 8.00. The minimum Gasteiger partial charge on any atom is -0.497 e. The molecule has 0 spiro atoms. The van der Waals surface area contributed by atoms with E-state index in [1.165, 1.54) is 0 Å².